The third kappa shape index (κ3) is 7.21. The van der Waals surface area contributed by atoms with Crippen molar-refractivity contribution in [2.45, 2.75) is 30.5 Å². The van der Waals surface area contributed by atoms with Crippen LogP contribution >= 0.6 is 35.7 Å². The van der Waals surface area contributed by atoms with Gasteiger partial charge in [0.1, 0.15) is 0 Å². The van der Waals surface area contributed by atoms with Crippen LogP contribution in [-0.2, 0) is 6.54 Å². The summed E-state index contributed by atoms with van der Waals surface area (Å²) in [6.07, 6.45) is 0. The Morgan fingerprint density at radius 1 is 1.30 bits per heavy atom. The lowest BCUT2D eigenvalue weighted by atomic mass is 10.4. The Morgan fingerprint density at radius 3 is 2.65 bits per heavy atom. The van der Waals surface area contributed by atoms with Crippen LogP contribution in [-0.4, -0.2) is 34.9 Å². The van der Waals surface area contributed by atoms with Crippen molar-refractivity contribution in [2.75, 3.05) is 13.6 Å². The smallest absolute Gasteiger partial charge is 0.246 e. The number of rotatable bonds is 6. The summed E-state index contributed by atoms with van der Waals surface area (Å²) in [5.41, 5.74) is 0. The molecule has 0 aliphatic carbocycles. The zero-order chi connectivity index (χ0) is 15.8. The van der Waals surface area contributed by atoms with Crippen LogP contribution in [0, 0.1) is 6.92 Å². The van der Waals surface area contributed by atoms with E-state index in [2.05, 4.69) is 57.0 Å². The number of hydrogen-bond acceptors (Lipinski definition) is 5. The van der Waals surface area contributed by atoms with Crippen molar-refractivity contribution < 1.29 is 4.52 Å². The van der Waals surface area contributed by atoms with Crippen LogP contribution in [0.3, 0.4) is 0 Å². The van der Waals surface area contributed by atoms with E-state index in [-0.39, 0.29) is 24.0 Å². The molecule has 0 aliphatic heterocycles. The minimum Gasteiger partial charge on any atom is -0.355 e. The standard InChI is InChI=1S/C15H21N5OS.HI/c1-11(22-13-7-5-4-6-8-13)9-17-15(16-3)18-10-14-19-12(2)20-21-14;/h4-8,11H,9-10H2,1-3H3,(H2,16,17,18);1H. The summed E-state index contributed by atoms with van der Waals surface area (Å²) < 4.78 is 5.05. The van der Waals surface area contributed by atoms with Gasteiger partial charge in [-0.2, -0.15) is 4.98 Å². The van der Waals surface area contributed by atoms with Crippen LogP contribution in [0.5, 0.6) is 0 Å². The molecule has 0 amide bonds. The van der Waals surface area contributed by atoms with Gasteiger partial charge >= 0.3 is 0 Å². The van der Waals surface area contributed by atoms with Gasteiger partial charge in [0.05, 0.1) is 6.54 Å². The molecule has 1 aromatic carbocycles. The molecule has 0 saturated carbocycles. The summed E-state index contributed by atoms with van der Waals surface area (Å²) in [6.45, 7) is 5.24. The monoisotopic (exact) mass is 447 g/mol. The van der Waals surface area contributed by atoms with Crippen molar-refractivity contribution in [3.05, 3.63) is 42.0 Å². The second-order valence-electron chi connectivity index (χ2n) is 4.78. The number of aliphatic imine (C=N–C) groups is 1. The highest BCUT2D eigenvalue weighted by atomic mass is 127. The van der Waals surface area contributed by atoms with Crippen molar-refractivity contribution in [3.8, 4) is 0 Å². The molecule has 23 heavy (non-hydrogen) atoms. The molecule has 0 spiro atoms. The number of nitrogens with one attached hydrogen (secondary N) is 2. The molecule has 2 rings (SSSR count). The average Bonchev–Trinajstić information content (AvgIpc) is 2.94. The number of benzene rings is 1. The van der Waals surface area contributed by atoms with Crippen molar-refractivity contribution in [3.63, 3.8) is 0 Å². The zero-order valence-electron chi connectivity index (χ0n) is 13.4. The predicted molar refractivity (Wildman–Crippen MR) is 104 cm³/mol. The topological polar surface area (TPSA) is 75.3 Å². The van der Waals surface area contributed by atoms with E-state index in [4.69, 9.17) is 4.52 Å². The SMILES string of the molecule is CN=C(NCc1nc(C)no1)NCC(C)Sc1ccccc1.I. The molecule has 1 atom stereocenters. The summed E-state index contributed by atoms with van der Waals surface area (Å²) in [7, 11) is 1.74. The van der Waals surface area contributed by atoms with Gasteiger partial charge in [-0.25, -0.2) is 0 Å². The quantitative estimate of drug-likeness (QED) is 0.307. The first-order valence-corrected chi connectivity index (χ1v) is 8.00. The molecule has 0 bridgehead atoms. The molecular weight excluding hydrogens is 425 g/mol. The Kier molecular flexibility index (Phi) is 9.00. The lowest BCUT2D eigenvalue weighted by molar-refractivity contribution is 0.371. The first kappa shape index (κ1) is 19.8. The predicted octanol–water partition coefficient (Wildman–Crippen LogP) is 2.84. The zero-order valence-corrected chi connectivity index (χ0v) is 16.6. The first-order valence-electron chi connectivity index (χ1n) is 7.13. The van der Waals surface area contributed by atoms with E-state index < -0.39 is 0 Å². The summed E-state index contributed by atoms with van der Waals surface area (Å²) in [5.74, 6) is 1.90. The number of nitrogens with zero attached hydrogens (tertiary/aromatic N) is 3. The third-order valence-electron chi connectivity index (χ3n) is 2.84. The average molecular weight is 447 g/mol. The number of hydrogen-bond donors (Lipinski definition) is 2. The third-order valence-corrected chi connectivity index (χ3v) is 3.95. The second-order valence-corrected chi connectivity index (χ2v) is 6.30. The van der Waals surface area contributed by atoms with Crippen LogP contribution in [0.15, 0.2) is 44.7 Å². The Morgan fingerprint density at radius 2 is 2.04 bits per heavy atom. The Labute approximate surface area is 157 Å². The first-order chi connectivity index (χ1) is 10.7. The van der Waals surface area contributed by atoms with Crippen LogP contribution in [0.1, 0.15) is 18.6 Å². The fourth-order valence-corrected chi connectivity index (χ4v) is 2.75. The van der Waals surface area contributed by atoms with Crippen LogP contribution in [0.4, 0.5) is 0 Å². The Balaban J connectivity index is 0.00000264. The largest absolute Gasteiger partial charge is 0.355 e. The van der Waals surface area contributed by atoms with Gasteiger partial charge in [0, 0.05) is 23.7 Å². The molecule has 0 fully saturated rings. The molecule has 1 aromatic heterocycles. The van der Waals surface area contributed by atoms with Crippen molar-refractivity contribution >= 4 is 41.7 Å². The van der Waals surface area contributed by atoms with Crippen LogP contribution in [0.2, 0.25) is 0 Å². The maximum atomic E-state index is 5.05. The fraction of sp³-hybridized carbons (Fsp3) is 0.400. The Hall–Kier alpha value is -1.29. The summed E-state index contributed by atoms with van der Waals surface area (Å²) in [4.78, 5) is 9.59. The molecule has 8 heteroatoms. The molecular formula is C15H22IN5OS. The number of aromatic nitrogens is 2. The number of thioether (sulfide) groups is 1. The van der Waals surface area contributed by atoms with Gasteiger partial charge in [-0.3, -0.25) is 4.99 Å². The highest BCUT2D eigenvalue weighted by Gasteiger charge is 2.07. The minimum absolute atomic E-state index is 0. The van der Waals surface area contributed by atoms with Crippen molar-refractivity contribution in [2.24, 2.45) is 4.99 Å². The molecule has 6 nitrogen and oxygen atoms in total. The van der Waals surface area contributed by atoms with Gasteiger partial charge < -0.3 is 15.2 Å². The normalized spacial score (nSPS) is 12.4. The van der Waals surface area contributed by atoms with E-state index in [1.807, 2.05) is 17.8 Å². The lowest BCUT2D eigenvalue weighted by Crippen LogP contribution is -2.39. The van der Waals surface area contributed by atoms with Crippen molar-refractivity contribution in [1.82, 2.24) is 20.8 Å². The molecule has 126 valence electrons. The van der Waals surface area contributed by atoms with Crippen molar-refractivity contribution in [1.29, 1.82) is 0 Å². The van der Waals surface area contributed by atoms with Gasteiger partial charge in [-0.15, -0.1) is 35.7 Å². The van der Waals surface area contributed by atoms with E-state index >= 15 is 0 Å². The van der Waals surface area contributed by atoms with Gasteiger partial charge in [0.2, 0.25) is 5.89 Å². The highest BCUT2D eigenvalue weighted by Crippen LogP contribution is 2.21. The Bertz CT molecular complexity index is 605. The van der Waals surface area contributed by atoms with Gasteiger partial charge in [0.25, 0.3) is 0 Å². The summed E-state index contributed by atoms with van der Waals surface area (Å²) >= 11 is 1.83. The number of halogens is 1. The molecule has 1 heterocycles. The molecule has 1 unspecified atom stereocenters. The lowest BCUT2D eigenvalue weighted by Gasteiger charge is -2.15. The van der Waals surface area contributed by atoms with Crippen LogP contribution < -0.4 is 10.6 Å². The maximum absolute atomic E-state index is 5.05. The maximum Gasteiger partial charge on any atom is 0.246 e. The van der Waals surface area contributed by atoms with E-state index in [1.54, 1.807) is 14.0 Å². The fourth-order valence-electron chi connectivity index (χ4n) is 1.81. The molecule has 2 aromatic rings. The highest BCUT2D eigenvalue weighted by molar-refractivity contribution is 14.0. The molecule has 2 N–H and O–H groups in total. The van der Waals surface area contributed by atoms with Gasteiger partial charge in [-0.05, 0) is 19.1 Å². The number of aryl methyl sites for hydroxylation is 1. The van der Waals surface area contributed by atoms with Crippen LogP contribution in [0.25, 0.3) is 0 Å². The summed E-state index contributed by atoms with van der Waals surface area (Å²) in [6, 6.07) is 10.4. The van der Waals surface area contributed by atoms with E-state index in [1.165, 1.54) is 4.90 Å². The second kappa shape index (κ2) is 10.5. The van der Waals surface area contributed by atoms with E-state index in [9.17, 15) is 0 Å². The summed E-state index contributed by atoms with van der Waals surface area (Å²) in [5, 5.41) is 10.6. The van der Waals surface area contributed by atoms with E-state index in [0.29, 0.717) is 23.5 Å². The molecule has 0 radical (unpaired) electrons. The van der Waals surface area contributed by atoms with Gasteiger partial charge in [0.15, 0.2) is 11.8 Å². The van der Waals surface area contributed by atoms with Gasteiger partial charge in [-0.1, -0.05) is 30.3 Å². The number of guanidine groups is 1. The molecule has 0 aliphatic rings. The minimum atomic E-state index is 0. The van der Waals surface area contributed by atoms with E-state index in [0.717, 1.165) is 12.5 Å². The molecule has 0 saturated heterocycles.